The van der Waals surface area contributed by atoms with Crippen molar-refractivity contribution in [1.29, 1.82) is 0 Å². The van der Waals surface area contributed by atoms with E-state index in [4.69, 9.17) is 10.5 Å². The first-order chi connectivity index (χ1) is 9.63. The van der Waals surface area contributed by atoms with Crippen molar-refractivity contribution in [3.8, 4) is 0 Å². The van der Waals surface area contributed by atoms with Crippen molar-refractivity contribution >= 4 is 11.6 Å². The molecule has 0 spiro atoms. The number of ether oxygens (including phenoxy) is 1. The van der Waals surface area contributed by atoms with Gasteiger partial charge in [-0.15, -0.1) is 0 Å². The molecule has 1 amide bonds. The molecule has 1 aromatic heterocycles. The van der Waals surface area contributed by atoms with Crippen LogP contribution in [0.2, 0.25) is 0 Å². The Morgan fingerprint density at radius 2 is 2.30 bits per heavy atom. The lowest BCUT2D eigenvalue weighted by atomic mass is 10.1. The summed E-state index contributed by atoms with van der Waals surface area (Å²) in [5.74, 6) is -0.00241. The quantitative estimate of drug-likeness (QED) is 0.874. The van der Waals surface area contributed by atoms with Crippen LogP contribution in [0, 0.1) is 0 Å². The molecule has 2 N–H and O–H groups in total. The number of nitrogens with two attached hydrogens (primary N) is 1. The van der Waals surface area contributed by atoms with Crippen LogP contribution < -0.4 is 5.73 Å². The number of hydrogen-bond acceptors (Lipinski definition) is 4. The van der Waals surface area contributed by atoms with Gasteiger partial charge < -0.3 is 15.4 Å². The lowest BCUT2D eigenvalue weighted by molar-refractivity contribution is -0.0448. The molecule has 1 aliphatic carbocycles. The molecule has 0 bridgehead atoms. The van der Waals surface area contributed by atoms with Crippen LogP contribution in [-0.4, -0.2) is 45.9 Å². The highest BCUT2D eigenvalue weighted by Gasteiger charge is 2.40. The van der Waals surface area contributed by atoms with Gasteiger partial charge in [-0.05, 0) is 25.7 Å². The zero-order valence-corrected chi connectivity index (χ0v) is 12.1. The molecule has 6 nitrogen and oxygen atoms in total. The second kappa shape index (κ2) is 5.09. The van der Waals surface area contributed by atoms with Gasteiger partial charge in [-0.2, -0.15) is 5.10 Å². The number of nitrogens with zero attached hydrogens (tertiary/aromatic N) is 3. The number of carbonyl (C=O) groups is 1. The highest BCUT2D eigenvalue weighted by molar-refractivity contribution is 5.98. The van der Waals surface area contributed by atoms with Gasteiger partial charge in [0.05, 0.1) is 30.1 Å². The van der Waals surface area contributed by atoms with E-state index >= 15 is 0 Å². The van der Waals surface area contributed by atoms with E-state index in [0.29, 0.717) is 24.5 Å². The standard InChI is InChI=1S/C14H22N4O2/c1-3-9-12(15)13(17(2)16-9)14(19)18-7-8-20-11-6-4-5-10(11)18/h10-11H,3-8,15H2,1-2H3. The smallest absolute Gasteiger partial charge is 0.274 e. The fourth-order valence-electron chi connectivity index (χ4n) is 3.42. The van der Waals surface area contributed by atoms with Crippen LogP contribution in [0.3, 0.4) is 0 Å². The molecule has 0 radical (unpaired) electrons. The molecular formula is C14H22N4O2. The summed E-state index contributed by atoms with van der Waals surface area (Å²) >= 11 is 0. The third-order valence-corrected chi connectivity index (χ3v) is 4.44. The summed E-state index contributed by atoms with van der Waals surface area (Å²) in [6.07, 6.45) is 4.14. The highest BCUT2D eigenvalue weighted by atomic mass is 16.5. The van der Waals surface area contributed by atoms with Gasteiger partial charge >= 0.3 is 0 Å². The van der Waals surface area contributed by atoms with Gasteiger partial charge in [0.2, 0.25) is 0 Å². The number of aryl methyl sites for hydroxylation is 2. The second-order valence-corrected chi connectivity index (χ2v) is 5.59. The first-order valence-corrected chi connectivity index (χ1v) is 7.37. The van der Waals surface area contributed by atoms with E-state index in [0.717, 1.165) is 31.4 Å². The van der Waals surface area contributed by atoms with Crippen LogP contribution in [0.5, 0.6) is 0 Å². The minimum atomic E-state index is -0.00241. The van der Waals surface area contributed by atoms with E-state index in [-0.39, 0.29) is 18.1 Å². The number of morpholine rings is 1. The van der Waals surface area contributed by atoms with Crippen LogP contribution in [0.1, 0.15) is 42.4 Å². The molecule has 2 atom stereocenters. The van der Waals surface area contributed by atoms with Crippen molar-refractivity contribution in [3.63, 3.8) is 0 Å². The van der Waals surface area contributed by atoms with Crippen molar-refractivity contribution in [3.05, 3.63) is 11.4 Å². The lowest BCUT2D eigenvalue weighted by Gasteiger charge is -2.37. The van der Waals surface area contributed by atoms with E-state index in [1.54, 1.807) is 11.7 Å². The molecule has 3 rings (SSSR count). The topological polar surface area (TPSA) is 73.4 Å². The van der Waals surface area contributed by atoms with Crippen LogP contribution in [-0.2, 0) is 18.2 Å². The fourth-order valence-corrected chi connectivity index (χ4v) is 3.42. The molecule has 1 aliphatic heterocycles. The number of nitrogen functional groups attached to an aromatic ring is 1. The Morgan fingerprint density at radius 1 is 1.50 bits per heavy atom. The summed E-state index contributed by atoms with van der Waals surface area (Å²) in [6.45, 7) is 3.26. The largest absolute Gasteiger partial charge is 0.395 e. The van der Waals surface area contributed by atoms with Crippen LogP contribution in [0.25, 0.3) is 0 Å². The average molecular weight is 278 g/mol. The monoisotopic (exact) mass is 278 g/mol. The summed E-state index contributed by atoms with van der Waals surface area (Å²) in [4.78, 5) is 14.8. The van der Waals surface area contributed by atoms with Gasteiger partial charge in [0.1, 0.15) is 5.69 Å². The molecule has 6 heteroatoms. The Morgan fingerprint density at radius 3 is 3.00 bits per heavy atom. The molecule has 110 valence electrons. The van der Waals surface area contributed by atoms with Crippen LogP contribution >= 0.6 is 0 Å². The van der Waals surface area contributed by atoms with Crippen LogP contribution in [0.15, 0.2) is 0 Å². The fraction of sp³-hybridized carbons (Fsp3) is 0.714. The minimum Gasteiger partial charge on any atom is -0.395 e. The number of aromatic nitrogens is 2. The highest BCUT2D eigenvalue weighted by Crippen LogP contribution is 2.31. The number of fused-ring (bicyclic) bond motifs is 1. The molecule has 1 saturated heterocycles. The average Bonchev–Trinajstić information content (AvgIpc) is 3.02. The SMILES string of the molecule is CCc1nn(C)c(C(=O)N2CCOC3CCCC32)c1N. The first kappa shape index (κ1) is 13.4. The Kier molecular flexibility index (Phi) is 3.41. The summed E-state index contributed by atoms with van der Waals surface area (Å²) in [5, 5.41) is 4.34. The molecule has 2 aliphatic rings. The number of hydrogen-bond donors (Lipinski definition) is 1. The number of rotatable bonds is 2. The van der Waals surface area contributed by atoms with Gasteiger partial charge in [0.25, 0.3) is 5.91 Å². The molecule has 2 fully saturated rings. The second-order valence-electron chi connectivity index (χ2n) is 5.59. The summed E-state index contributed by atoms with van der Waals surface area (Å²) in [5.41, 5.74) is 7.95. The van der Waals surface area contributed by atoms with Gasteiger partial charge in [-0.3, -0.25) is 9.48 Å². The van der Waals surface area contributed by atoms with Gasteiger partial charge in [-0.1, -0.05) is 6.92 Å². The minimum absolute atomic E-state index is 0.00241. The molecule has 20 heavy (non-hydrogen) atoms. The molecule has 1 aromatic rings. The van der Waals surface area contributed by atoms with Gasteiger partial charge in [0.15, 0.2) is 0 Å². The lowest BCUT2D eigenvalue weighted by Crippen LogP contribution is -2.51. The van der Waals surface area contributed by atoms with E-state index in [1.807, 2.05) is 11.8 Å². The third kappa shape index (κ3) is 1.98. The van der Waals surface area contributed by atoms with Crippen molar-refractivity contribution < 1.29 is 9.53 Å². The van der Waals surface area contributed by atoms with E-state index in [1.165, 1.54) is 0 Å². The maximum atomic E-state index is 12.8. The first-order valence-electron chi connectivity index (χ1n) is 7.37. The predicted octanol–water partition coefficient (Wildman–Crippen LogP) is 0.958. The maximum Gasteiger partial charge on any atom is 0.274 e. The Hall–Kier alpha value is -1.56. The molecular weight excluding hydrogens is 256 g/mol. The molecule has 0 aromatic carbocycles. The molecule has 1 saturated carbocycles. The van der Waals surface area contributed by atoms with Gasteiger partial charge in [0, 0.05) is 13.6 Å². The van der Waals surface area contributed by atoms with Crippen LogP contribution in [0.4, 0.5) is 5.69 Å². The van der Waals surface area contributed by atoms with Crippen molar-refractivity contribution in [2.45, 2.75) is 44.8 Å². The Bertz CT molecular complexity index is 525. The van der Waals surface area contributed by atoms with Crippen molar-refractivity contribution in [2.75, 3.05) is 18.9 Å². The summed E-state index contributed by atoms with van der Waals surface area (Å²) < 4.78 is 7.38. The maximum absolute atomic E-state index is 12.8. The van der Waals surface area contributed by atoms with Crippen molar-refractivity contribution in [2.24, 2.45) is 7.05 Å². The molecule has 2 heterocycles. The van der Waals surface area contributed by atoms with E-state index in [9.17, 15) is 4.79 Å². The zero-order chi connectivity index (χ0) is 14.3. The zero-order valence-electron chi connectivity index (χ0n) is 12.1. The van der Waals surface area contributed by atoms with Gasteiger partial charge in [-0.25, -0.2) is 0 Å². The molecule has 2 unspecified atom stereocenters. The van der Waals surface area contributed by atoms with E-state index in [2.05, 4.69) is 5.10 Å². The number of amides is 1. The normalized spacial score (nSPS) is 25.8. The van der Waals surface area contributed by atoms with E-state index < -0.39 is 0 Å². The number of carbonyl (C=O) groups excluding carboxylic acids is 1. The summed E-state index contributed by atoms with van der Waals surface area (Å²) in [7, 11) is 1.79. The summed E-state index contributed by atoms with van der Waals surface area (Å²) in [6, 6.07) is 0.204. The Labute approximate surface area is 118 Å². The number of anilines is 1. The Balaban J connectivity index is 1.90. The third-order valence-electron chi connectivity index (χ3n) is 4.44. The predicted molar refractivity (Wildman–Crippen MR) is 75.4 cm³/mol. The van der Waals surface area contributed by atoms with Crippen molar-refractivity contribution in [1.82, 2.24) is 14.7 Å².